The van der Waals surface area contributed by atoms with Crippen molar-refractivity contribution in [2.45, 2.75) is 81.3 Å². The molecule has 1 aliphatic heterocycles. The van der Waals surface area contributed by atoms with Gasteiger partial charge in [-0.25, -0.2) is 8.42 Å². The zero-order chi connectivity index (χ0) is 26.4. The molecule has 1 fully saturated rings. The largest absolute Gasteiger partial charge is 0.518 e. The van der Waals surface area contributed by atoms with Crippen molar-refractivity contribution in [1.82, 2.24) is 9.29 Å². The molecule has 198 valence electrons. The molecular formula is C26H38N2O5S2Si. The van der Waals surface area contributed by atoms with Gasteiger partial charge in [0.2, 0.25) is 18.3 Å². The minimum atomic E-state index is -3.93. The van der Waals surface area contributed by atoms with Crippen molar-refractivity contribution < 1.29 is 22.4 Å². The summed E-state index contributed by atoms with van der Waals surface area (Å²) in [7, 11) is -6.20. The molecule has 1 atom stereocenters. The van der Waals surface area contributed by atoms with Crippen molar-refractivity contribution in [3.8, 4) is 11.5 Å². The number of benzene rings is 1. The van der Waals surface area contributed by atoms with E-state index in [0.717, 1.165) is 25.3 Å². The van der Waals surface area contributed by atoms with Gasteiger partial charge in [-0.05, 0) is 69.4 Å². The van der Waals surface area contributed by atoms with E-state index in [2.05, 4.69) is 11.9 Å². The number of ether oxygens (including phenoxy) is 1. The van der Waals surface area contributed by atoms with Crippen LogP contribution in [0.3, 0.4) is 0 Å². The van der Waals surface area contributed by atoms with Gasteiger partial charge in [0.15, 0.2) is 0 Å². The maximum atomic E-state index is 13.7. The third-order valence-electron chi connectivity index (χ3n) is 6.28. The number of hydrogen-bond donors (Lipinski definition) is 0. The zero-order valence-corrected chi connectivity index (χ0v) is 24.5. The summed E-state index contributed by atoms with van der Waals surface area (Å²) in [5, 5.41) is 0. The zero-order valence-electron chi connectivity index (χ0n) is 21.9. The number of pyridine rings is 1. The molecular weight excluding hydrogens is 513 g/mol. The van der Waals surface area contributed by atoms with E-state index in [1.807, 2.05) is 26.9 Å². The number of unbranched alkanes of at least 4 members (excludes halogenated alkanes) is 3. The molecule has 0 bridgehead atoms. The number of hydrogen-bond acceptors (Lipinski definition) is 7. The average Bonchev–Trinajstić information content (AvgIpc) is 2.81. The van der Waals surface area contributed by atoms with Gasteiger partial charge in [-0.2, -0.15) is 16.1 Å². The van der Waals surface area contributed by atoms with Gasteiger partial charge >= 0.3 is 5.97 Å². The maximum absolute atomic E-state index is 13.7. The summed E-state index contributed by atoms with van der Waals surface area (Å²) in [4.78, 5) is 17.6. The smallest absolute Gasteiger partial charge is 0.312 e. The van der Waals surface area contributed by atoms with Crippen LogP contribution in [0.15, 0.2) is 53.7 Å². The second kappa shape index (κ2) is 12.1. The minimum absolute atomic E-state index is 0.126. The van der Waals surface area contributed by atoms with Gasteiger partial charge < -0.3 is 9.16 Å². The van der Waals surface area contributed by atoms with Gasteiger partial charge in [0.1, 0.15) is 17.5 Å². The monoisotopic (exact) mass is 550 g/mol. The van der Waals surface area contributed by atoms with E-state index in [9.17, 15) is 13.2 Å². The van der Waals surface area contributed by atoms with Gasteiger partial charge in [-0.1, -0.05) is 32.6 Å². The highest BCUT2D eigenvalue weighted by Crippen LogP contribution is 2.39. The molecule has 1 aromatic carbocycles. The first-order chi connectivity index (χ1) is 17.0. The predicted molar refractivity (Wildman–Crippen MR) is 147 cm³/mol. The second-order valence-corrected chi connectivity index (χ2v) is 18.1. The third-order valence-corrected chi connectivity index (χ3v) is 11.8. The van der Waals surface area contributed by atoms with Crippen LogP contribution in [0.2, 0.25) is 19.1 Å². The average molecular weight is 551 g/mol. The second-order valence-electron chi connectivity index (χ2n) is 10.2. The van der Waals surface area contributed by atoms with Gasteiger partial charge in [0.25, 0.3) is 0 Å². The fourth-order valence-electron chi connectivity index (χ4n) is 4.33. The van der Waals surface area contributed by atoms with Crippen LogP contribution < -0.4 is 4.74 Å². The maximum Gasteiger partial charge on any atom is 0.312 e. The topological polar surface area (TPSA) is 85.8 Å². The van der Waals surface area contributed by atoms with Crippen molar-refractivity contribution in [3.05, 3.63) is 48.8 Å². The first kappa shape index (κ1) is 28.7. The molecule has 0 amide bonds. The third kappa shape index (κ3) is 7.33. The summed E-state index contributed by atoms with van der Waals surface area (Å²) in [6.07, 6.45) is 7.72. The van der Waals surface area contributed by atoms with Gasteiger partial charge in [0.05, 0.1) is 4.90 Å². The van der Waals surface area contributed by atoms with Crippen LogP contribution >= 0.6 is 11.8 Å². The predicted octanol–water partition coefficient (Wildman–Crippen LogP) is 6.09. The standard InChI is InChI=1S/C26H38N2O5S2Si/c1-6-7-8-9-20-36(4,5)33-25(29)24-26(2,3)34-19-18-28(24)35(30,31)23-12-10-21(11-13-23)32-22-14-16-27-17-15-22/h10-17,24H,6-9,18-20H2,1-5H3/t24-/m0/s1. The van der Waals surface area contributed by atoms with Crippen LogP contribution in [0.25, 0.3) is 0 Å². The number of carbonyl (C=O) groups is 1. The number of rotatable bonds is 11. The number of sulfonamides is 1. The summed E-state index contributed by atoms with van der Waals surface area (Å²) >= 11 is 1.61. The summed E-state index contributed by atoms with van der Waals surface area (Å²) in [6, 6.07) is 9.73. The Bertz CT molecular complexity index is 1110. The van der Waals surface area contributed by atoms with Crippen LogP contribution in [-0.2, 0) is 19.2 Å². The molecule has 2 heterocycles. The summed E-state index contributed by atoms with van der Waals surface area (Å²) in [5.41, 5.74) is 0. The molecule has 0 spiro atoms. The van der Waals surface area contributed by atoms with E-state index in [4.69, 9.17) is 9.16 Å². The van der Waals surface area contributed by atoms with E-state index in [1.54, 1.807) is 48.4 Å². The van der Waals surface area contributed by atoms with Crippen molar-refractivity contribution >= 4 is 36.1 Å². The lowest BCUT2D eigenvalue weighted by molar-refractivity contribution is -0.140. The Morgan fingerprint density at radius 2 is 1.72 bits per heavy atom. The molecule has 0 unspecified atom stereocenters. The van der Waals surface area contributed by atoms with E-state index in [-0.39, 0.29) is 11.4 Å². The van der Waals surface area contributed by atoms with Gasteiger partial charge in [-0.3, -0.25) is 9.78 Å². The van der Waals surface area contributed by atoms with Crippen molar-refractivity contribution in [3.63, 3.8) is 0 Å². The molecule has 1 saturated heterocycles. The lowest BCUT2D eigenvalue weighted by Crippen LogP contribution is -2.60. The quantitative estimate of drug-likeness (QED) is 0.247. The molecule has 0 saturated carbocycles. The molecule has 2 aromatic rings. The fraction of sp³-hybridized carbons (Fsp3) is 0.538. The fourth-order valence-corrected chi connectivity index (χ4v) is 9.27. The highest BCUT2D eigenvalue weighted by atomic mass is 32.2. The highest BCUT2D eigenvalue weighted by Gasteiger charge is 2.50. The number of thioether (sulfide) groups is 1. The molecule has 1 aromatic heterocycles. The Morgan fingerprint density at radius 3 is 2.36 bits per heavy atom. The first-order valence-corrected chi connectivity index (χ1v) is 18.1. The van der Waals surface area contributed by atoms with Crippen LogP contribution in [-0.4, -0.2) is 55.1 Å². The Morgan fingerprint density at radius 1 is 1.08 bits per heavy atom. The van der Waals surface area contributed by atoms with Crippen LogP contribution in [0, 0.1) is 0 Å². The Hall–Kier alpha value is -1.88. The van der Waals surface area contributed by atoms with Crippen molar-refractivity contribution in [2.75, 3.05) is 12.3 Å². The normalized spacial score (nSPS) is 18.5. The number of nitrogens with zero attached hydrogens (tertiary/aromatic N) is 2. The SMILES string of the molecule is CCCCCC[Si](C)(C)OC(=O)[C@@H]1N(S(=O)(=O)c2ccc(Oc3ccncc3)cc2)CCSC1(C)C. The van der Waals surface area contributed by atoms with E-state index < -0.39 is 35.1 Å². The Labute approximate surface area is 221 Å². The van der Waals surface area contributed by atoms with Crippen LogP contribution in [0.1, 0.15) is 46.5 Å². The molecule has 3 rings (SSSR count). The molecule has 0 aliphatic carbocycles. The molecule has 1 aliphatic rings. The number of aromatic nitrogens is 1. The highest BCUT2D eigenvalue weighted by molar-refractivity contribution is 8.01. The van der Waals surface area contributed by atoms with E-state index in [0.29, 0.717) is 17.3 Å². The van der Waals surface area contributed by atoms with Crippen LogP contribution in [0.5, 0.6) is 11.5 Å². The summed E-state index contributed by atoms with van der Waals surface area (Å²) in [6.45, 7) is 10.4. The van der Waals surface area contributed by atoms with Gasteiger partial charge in [-0.15, -0.1) is 0 Å². The lowest BCUT2D eigenvalue weighted by atomic mass is 10.0. The van der Waals surface area contributed by atoms with Crippen molar-refractivity contribution in [1.29, 1.82) is 0 Å². The van der Waals surface area contributed by atoms with E-state index in [1.165, 1.54) is 22.9 Å². The molecule has 7 nitrogen and oxygen atoms in total. The summed E-state index contributed by atoms with van der Waals surface area (Å²) in [5.74, 6) is 1.30. The van der Waals surface area contributed by atoms with Gasteiger partial charge in [0, 0.05) is 29.4 Å². The lowest BCUT2D eigenvalue weighted by Gasteiger charge is -2.44. The van der Waals surface area contributed by atoms with Crippen LogP contribution in [0.4, 0.5) is 0 Å². The molecule has 0 N–H and O–H groups in total. The molecule has 36 heavy (non-hydrogen) atoms. The Kier molecular flexibility index (Phi) is 9.65. The Balaban J connectivity index is 1.79. The summed E-state index contributed by atoms with van der Waals surface area (Å²) < 4.78 is 40.1. The van der Waals surface area contributed by atoms with Crippen molar-refractivity contribution in [2.24, 2.45) is 0 Å². The minimum Gasteiger partial charge on any atom is -0.518 e. The molecule has 0 radical (unpaired) electrons. The number of carbonyl (C=O) groups excluding carboxylic acids is 1. The van der Waals surface area contributed by atoms with E-state index >= 15 is 0 Å². The first-order valence-electron chi connectivity index (χ1n) is 12.5. The molecule has 10 heteroatoms.